The first-order valence-corrected chi connectivity index (χ1v) is 23.4. The first-order chi connectivity index (χ1) is 31.6. The summed E-state index contributed by atoms with van der Waals surface area (Å²) in [6, 6.07) is 58.5. The molecular weight excluding hydrogens is 803 g/mol. The second-order valence-corrected chi connectivity index (χ2v) is 20.5. The Hall–Kier alpha value is -7.04. The van der Waals surface area contributed by atoms with E-state index in [2.05, 4.69) is 232 Å². The van der Waals surface area contributed by atoms with Crippen LogP contribution in [0.1, 0.15) is 103 Å². The van der Waals surface area contributed by atoms with Gasteiger partial charge in [-0.25, -0.2) is 4.98 Å². The molecule has 2 aromatic heterocycles. The van der Waals surface area contributed by atoms with Gasteiger partial charge in [0, 0.05) is 22.9 Å². The molecule has 0 saturated heterocycles. The zero-order valence-corrected chi connectivity index (χ0v) is 40.1. The molecule has 4 heteroatoms. The van der Waals surface area contributed by atoms with Gasteiger partial charge in [0.05, 0.1) is 28.0 Å². The van der Waals surface area contributed by atoms with E-state index in [1.165, 1.54) is 22.3 Å². The molecule has 0 fully saturated rings. The Kier molecular flexibility index (Phi) is 11.6. The zero-order chi connectivity index (χ0) is 46.5. The molecule has 0 unspecified atom stereocenters. The molecule has 9 aromatic rings. The van der Waals surface area contributed by atoms with Gasteiger partial charge in [0.25, 0.3) is 0 Å². The van der Waals surface area contributed by atoms with Gasteiger partial charge >= 0.3 is 0 Å². The normalized spacial score (nSPS) is 12.1. The molecule has 0 spiro atoms. The molecule has 0 aliphatic rings. The molecule has 0 aliphatic carbocycles. The molecule has 2 heterocycles. The average molecular weight is 864 g/mol. The first kappa shape index (κ1) is 44.2. The van der Waals surface area contributed by atoms with Crippen molar-refractivity contribution in [3.63, 3.8) is 0 Å². The van der Waals surface area contributed by atoms with Gasteiger partial charge < -0.3 is 5.11 Å². The Bertz CT molecular complexity index is 3170. The van der Waals surface area contributed by atoms with Crippen LogP contribution in [0.2, 0.25) is 0 Å². The summed E-state index contributed by atoms with van der Waals surface area (Å²) in [6.07, 6.45) is 1.91. The maximum atomic E-state index is 12.7. The highest BCUT2D eigenvalue weighted by atomic mass is 16.3. The lowest BCUT2D eigenvalue weighted by molar-refractivity contribution is 0.446. The minimum absolute atomic E-state index is 0.179. The average Bonchev–Trinajstić information content (AvgIpc) is 3.70. The topological polar surface area (TPSA) is 50.9 Å². The Morgan fingerprint density at radius 2 is 1.00 bits per heavy atom. The summed E-state index contributed by atoms with van der Waals surface area (Å²) in [4.78, 5) is 10.7. The molecule has 0 radical (unpaired) electrons. The summed E-state index contributed by atoms with van der Waals surface area (Å²) in [5, 5.41) is 12.7. The van der Waals surface area contributed by atoms with Gasteiger partial charge in [-0.1, -0.05) is 178 Å². The summed E-state index contributed by atoms with van der Waals surface area (Å²) in [6.45, 7) is 22.4. The van der Waals surface area contributed by atoms with Crippen LogP contribution in [0.3, 0.4) is 0 Å². The SMILES string of the molecule is CC(C)c1cc(-c2ccccc2)cc(C(C)C)c1-n1c(-c2cc(C(C)(C)C)cc(C(C)(C)C)c2O)nc2c(-c3cc(-c4ccccc4)cc(-c4cc(-c5ccccc5)ccn4)c3)cccc21. The molecule has 4 nitrogen and oxygen atoms in total. The van der Waals surface area contributed by atoms with E-state index in [1.54, 1.807) is 0 Å². The monoisotopic (exact) mass is 863 g/mol. The molecule has 66 heavy (non-hydrogen) atoms. The number of para-hydroxylation sites is 1. The predicted molar refractivity (Wildman–Crippen MR) is 279 cm³/mol. The standard InChI is InChI=1S/C62H61N3O/c1-39(2)51-34-46(43-25-18-13-19-26-43)35-52(40(3)4)58(51)65-56-28-20-27-50(57(56)64-60(65)53-37-49(61(5,6)7)38-54(59(53)66)62(8,9)10)47-31-45(42-23-16-12-17-24-42)32-48(33-47)55-36-44(29-30-63-55)41-21-14-11-15-22-41/h11-40,66H,1-10H3. The van der Waals surface area contributed by atoms with E-state index < -0.39 is 0 Å². The van der Waals surface area contributed by atoms with Crippen LogP contribution in [0.25, 0.3) is 83.9 Å². The summed E-state index contributed by atoms with van der Waals surface area (Å²) in [5.74, 6) is 1.35. The molecule has 1 N–H and O–H groups in total. The third-order valence-electron chi connectivity index (χ3n) is 13.0. The molecule has 0 amide bonds. The molecule has 0 saturated carbocycles. The van der Waals surface area contributed by atoms with Crippen LogP contribution in [0, 0.1) is 0 Å². The second kappa shape index (κ2) is 17.4. The van der Waals surface area contributed by atoms with Gasteiger partial charge in [-0.05, 0) is 133 Å². The third-order valence-corrected chi connectivity index (χ3v) is 13.0. The molecular formula is C62H61N3O. The van der Waals surface area contributed by atoms with E-state index in [9.17, 15) is 5.11 Å². The fraction of sp³-hybridized carbons (Fsp3) is 0.226. The number of rotatable bonds is 9. The van der Waals surface area contributed by atoms with Crippen LogP contribution in [0.4, 0.5) is 0 Å². The van der Waals surface area contributed by atoms with Gasteiger partial charge in [0.1, 0.15) is 11.6 Å². The highest BCUT2D eigenvalue weighted by Crippen LogP contribution is 2.47. The second-order valence-electron chi connectivity index (χ2n) is 20.5. The Balaban J connectivity index is 1.39. The fourth-order valence-corrected chi connectivity index (χ4v) is 9.29. The third kappa shape index (κ3) is 8.49. The van der Waals surface area contributed by atoms with Crippen molar-refractivity contribution in [2.75, 3.05) is 0 Å². The number of hydrogen-bond acceptors (Lipinski definition) is 3. The lowest BCUT2D eigenvalue weighted by Crippen LogP contribution is -2.17. The van der Waals surface area contributed by atoms with Crippen LogP contribution in [-0.4, -0.2) is 19.6 Å². The molecule has 0 aliphatic heterocycles. The number of phenols is 1. The summed E-state index contributed by atoms with van der Waals surface area (Å²) in [5.41, 5.74) is 18.5. The van der Waals surface area contributed by atoms with E-state index in [0.717, 1.165) is 83.9 Å². The lowest BCUT2D eigenvalue weighted by Gasteiger charge is -2.28. The molecule has 0 atom stereocenters. The first-order valence-electron chi connectivity index (χ1n) is 23.4. The summed E-state index contributed by atoms with van der Waals surface area (Å²) >= 11 is 0. The van der Waals surface area contributed by atoms with Crippen molar-refractivity contribution < 1.29 is 5.11 Å². The molecule has 330 valence electrons. The van der Waals surface area contributed by atoms with E-state index in [1.807, 2.05) is 12.3 Å². The maximum absolute atomic E-state index is 12.7. The minimum Gasteiger partial charge on any atom is -0.507 e. The number of hydrogen-bond donors (Lipinski definition) is 1. The van der Waals surface area contributed by atoms with E-state index in [-0.39, 0.29) is 28.4 Å². The summed E-state index contributed by atoms with van der Waals surface area (Å²) in [7, 11) is 0. The van der Waals surface area contributed by atoms with E-state index in [4.69, 9.17) is 9.97 Å². The smallest absolute Gasteiger partial charge is 0.149 e. The molecule has 0 bridgehead atoms. The van der Waals surface area contributed by atoms with Crippen molar-refractivity contribution in [3.8, 4) is 78.6 Å². The van der Waals surface area contributed by atoms with Crippen LogP contribution in [-0.2, 0) is 10.8 Å². The van der Waals surface area contributed by atoms with Crippen molar-refractivity contribution in [2.45, 2.75) is 91.9 Å². The highest BCUT2D eigenvalue weighted by molar-refractivity contribution is 5.98. The largest absolute Gasteiger partial charge is 0.507 e. The number of nitrogens with zero attached hydrogens (tertiary/aromatic N) is 3. The number of aromatic hydroxyl groups is 1. The van der Waals surface area contributed by atoms with E-state index in [0.29, 0.717) is 0 Å². The van der Waals surface area contributed by atoms with Crippen LogP contribution in [0.15, 0.2) is 170 Å². The van der Waals surface area contributed by atoms with Crippen molar-refractivity contribution in [3.05, 3.63) is 192 Å². The van der Waals surface area contributed by atoms with Gasteiger partial charge in [-0.15, -0.1) is 0 Å². The fourth-order valence-electron chi connectivity index (χ4n) is 9.29. The van der Waals surface area contributed by atoms with Gasteiger partial charge in [0.2, 0.25) is 0 Å². The summed E-state index contributed by atoms with van der Waals surface area (Å²) < 4.78 is 2.37. The maximum Gasteiger partial charge on any atom is 0.149 e. The van der Waals surface area contributed by atoms with Gasteiger partial charge in [0.15, 0.2) is 0 Å². The van der Waals surface area contributed by atoms with Gasteiger partial charge in [-0.2, -0.15) is 0 Å². The Morgan fingerprint density at radius 3 is 1.55 bits per heavy atom. The highest BCUT2D eigenvalue weighted by Gasteiger charge is 2.30. The molecule has 7 aromatic carbocycles. The number of benzene rings is 7. The van der Waals surface area contributed by atoms with Crippen LogP contribution in [0.5, 0.6) is 5.75 Å². The lowest BCUT2D eigenvalue weighted by atomic mass is 9.78. The minimum atomic E-state index is -0.328. The quantitative estimate of drug-likeness (QED) is 0.157. The van der Waals surface area contributed by atoms with Crippen molar-refractivity contribution >= 4 is 11.0 Å². The number of phenolic OH excluding ortho intramolecular Hbond substituents is 1. The predicted octanol–water partition coefficient (Wildman–Crippen LogP) is 17.0. The number of fused-ring (bicyclic) bond motifs is 1. The van der Waals surface area contributed by atoms with Crippen molar-refractivity contribution in [2.24, 2.45) is 0 Å². The Labute approximate surface area is 391 Å². The van der Waals surface area contributed by atoms with E-state index >= 15 is 0 Å². The zero-order valence-electron chi connectivity index (χ0n) is 40.1. The van der Waals surface area contributed by atoms with Crippen LogP contribution < -0.4 is 0 Å². The molecule has 9 rings (SSSR count). The van der Waals surface area contributed by atoms with Crippen LogP contribution >= 0.6 is 0 Å². The number of imidazole rings is 1. The van der Waals surface area contributed by atoms with Crippen molar-refractivity contribution in [1.29, 1.82) is 0 Å². The number of aromatic nitrogens is 3. The van der Waals surface area contributed by atoms with Gasteiger partial charge in [-0.3, -0.25) is 9.55 Å². The van der Waals surface area contributed by atoms with Crippen molar-refractivity contribution in [1.82, 2.24) is 14.5 Å². The number of pyridine rings is 1. The Morgan fingerprint density at radius 1 is 0.470 bits per heavy atom.